The Kier molecular flexibility index (Phi) is 4.61. The van der Waals surface area contributed by atoms with Crippen molar-refractivity contribution in [2.24, 2.45) is 5.73 Å². The van der Waals surface area contributed by atoms with Crippen LogP contribution >= 0.6 is 38.9 Å². The molecule has 1 unspecified atom stereocenters. The van der Waals surface area contributed by atoms with E-state index in [1.54, 1.807) is 17.4 Å². The third-order valence-electron chi connectivity index (χ3n) is 2.43. The summed E-state index contributed by atoms with van der Waals surface area (Å²) in [4.78, 5) is 0. The van der Waals surface area contributed by atoms with Gasteiger partial charge in [0.2, 0.25) is 0 Å². The normalized spacial score (nSPS) is 12.4. The Balaban J connectivity index is 2.20. The maximum atomic E-state index is 13.2. The van der Waals surface area contributed by atoms with Gasteiger partial charge in [-0.25, -0.2) is 4.39 Å². The molecule has 0 amide bonds. The summed E-state index contributed by atoms with van der Waals surface area (Å²) in [5.41, 5.74) is 7.43. The van der Waals surface area contributed by atoms with Gasteiger partial charge >= 0.3 is 0 Å². The van der Waals surface area contributed by atoms with E-state index >= 15 is 0 Å². The number of halogens is 3. The summed E-state index contributed by atoms with van der Waals surface area (Å²) >= 11 is 10.8. The van der Waals surface area contributed by atoms with E-state index in [2.05, 4.69) is 21.2 Å². The number of nitrogens with one attached hydrogen (secondary N) is 1. The van der Waals surface area contributed by atoms with Gasteiger partial charge in [-0.3, -0.25) is 0 Å². The van der Waals surface area contributed by atoms with Crippen molar-refractivity contribution in [3.8, 4) is 0 Å². The third-order valence-corrected chi connectivity index (χ3v) is 4.17. The summed E-state index contributed by atoms with van der Waals surface area (Å²) in [5.74, 6) is -0.368. The zero-order valence-corrected chi connectivity index (χ0v) is 12.4. The molecule has 2 aromatic rings. The van der Waals surface area contributed by atoms with Crippen LogP contribution in [-0.4, -0.2) is 6.54 Å². The van der Waals surface area contributed by atoms with E-state index in [4.69, 9.17) is 17.3 Å². The first-order chi connectivity index (χ1) is 8.58. The van der Waals surface area contributed by atoms with Crippen molar-refractivity contribution >= 4 is 44.6 Å². The number of benzene rings is 1. The van der Waals surface area contributed by atoms with Crippen LogP contribution in [0.2, 0.25) is 5.02 Å². The first-order valence-electron chi connectivity index (χ1n) is 5.25. The molecule has 0 saturated heterocycles. The molecule has 2 nitrogen and oxygen atoms in total. The molecule has 0 bridgehead atoms. The van der Waals surface area contributed by atoms with Gasteiger partial charge in [0.25, 0.3) is 0 Å². The minimum atomic E-state index is -0.368. The molecule has 96 valence electrons. The van der Waals surface area contributed by atoms with Crippen LogP contribution in [0.25, 0.3) is 0 Å². The number of thiophene rings is 1. The molecule has 1 heterocycles. The summed E-state index contributed by atoms with van der Waals surface area (Å²) in [5, 5.41) is 5.55. The molecule has 0 aliphatic rings. The Morgan fingerprint density at radius 1 is 1.39 bits per heavy atom. The second kappa shape index (κ2) is 6.02. The van der Waals surface area contributed by atoms with Crippen molar-refractivity contribution in [1.82, 2.24) is 0 Å². The monoisotopic (exact) mass is 348 g/mol. The Hall–Kier alpha value is -0.620. The van der Waals surface area contributed by atoms with Crippen molar-refractivity contribution < 1.29 is 4.39 Å². The Morgan fingerprint density at radius 3 is 2.72 bits per heavy atom. The van der Waals surface area contributed by atoms with Crippen molar-refractivity contribution in [3.63, 3.8) is 0 Å². The van der Waals surface area contributed by atoms with Crippen molar-refractivity contribution in [3.05, 3.63) is 49.8 Å². The SMILES string of the molecule is NCC(Nc1cc(F)cc(Cl)c1)c1csc(Br)c1. The lowest BCUT2D eigenvalue weighted by Gasteiger charge is -2.17. The Labute approximate surface area is 122 Å². The van der Waals surface area contributed by atoms with Crippen molar-refractivity contribution in [2.45, 2.75) is 6.04 Å². The van der Waals surface area contributed by atoms with Crippen LogP contribution in [0.4, 0.5) is 10.1 Å². The molecule has 0 fully saturated rings. The Morgan fingerprint density at radius 2 is 2.17 bits per heavy atom. The number of hydrogen-bond acceptors (Lipinski definition) is 3. The highest BCUT2D eigenvalue weighted by Gasteiger charge is 2.12. The smallest absolute Gasteiger partial charge is 0.126 e. The summed E-state index contributed by atoms with van der Waals surface area (Å²) in [7, 11) is 0. The van der Waals surface area contributed by atoms with Gasteiger partial charge in [0.15, 0.2) is 0 Å². The van der Waals surface area contributed by atoms with Crippen LogP contribution in [0.15, 0.2) is 33.4 Å². The van der Waals surface area contributed by atoms with Gasteiger partial charge in [0.1, 0.15) is 5.82 Å². The van der Waals surface area contributed by atoms with E-state index in [-0.39, 0.29) is 11.9 Å². The molecule has 0 spiro atoms. The second-order valence-corrected chi connectivity index (χ2v) is 6.50. The Bertz CT molecular complexity index is 526. The van der Waals surface area contributed by atoms with Gasteiger partial charge in [-0.1, -0.05) is 11.6 Å². The van der Waals surface area contributed by atoms with Gasteiger partial charge in [-0.2, -0.15) is 0 Å². The molecule has 1 aromatic heterocycles. The number of anilines is 1. The highest BCUT2D eigenvalue weighted by molar-refractivity contribution is 9.11. The maximum absolute atomic E-state index is 13.2. The molecule has 6 heteroatoms. The van der Waals surface area contributed by atoms with Crippen LogP contribution in [0.3, 0.4) is 0 Å². The first-order valence-corrected chi connectivity index (χ1v) is 7.30. The lowest BCUT2D eigenvalue weighted by molar-refractivity contribution is 0.627. The van der Waals surface area contributed by atoms with E-state index in [1.165, 1.54) is 12.1 Å². The first kappa shape index (κ1) is 13.8. The average Bonchev–Trinajstić information content (AvgIpc) is 2.71. The van der Waals surface area contributed by atoms with Crippen LogP contribution < -0.4 is 11.1 Å². The van der Waals surface area contributed by atoms with E-state index in [0.717, 1.165) is 9.35 Å². The van der Waals surface area contributed by atoms with Crippen LogP contribution in [-0.2, 0) is 0 Å². The minimum absolute atomic E-state index is 0.0644. The van der Waals surface area contributed by atoms with E-state index in [0.29, 0.717) is 17.3 Å². The quantitative estimate of drug-likeness (QED) is 0.858. The predicted molar refractivity (Wildman–Crippen MR) is 78.8 cm³/mol. The summed E-state index contributed by atoms with van der Waals surface area (Å²) in [6.07, 6.45) is 0. The average molecular weight is 350 g/mol. The zero-order chi connectivity index (χ0) is 13.1. The van der Waals surface area contributed by atoms with Gasteiger partial charge in [0.05, 0.1) is 9.83 Å². The van der Waals surface area contributed by atoms with Crippen LogP contribution in [0, 0.1) is 5.82 Å². The number of nitrogens with two attached hydrogens (primary N) is 1. The van der Waals surface area contributed by atoms with Gasteiger partial charge in [-0.05, 0) is 51.1 Å². The molecule has 1 aromatic carbocycles. The van der Waals surface area contributed by atoms with E-state index < -0.39 is 0 Å². The molecule has 18 heavy (non-hydrogen) atoms. The molecule has 2 rings (SSSR count). The molecule has 0 radical (unpaired) electrons. The highest BCUT2D eigenvalue weighted by Crippen LogP contribution is 2.28. The van der Waals surface area contributed by atoms with E-state index in [9.17, 15) is 4.39 Å². The molecule has 1 atom stereocenters. The van der Waals surface area contributed by atoms with E-state index in [1.807, 2.05) is 11.4 Å². The van der Waals surface area contributed by atoms with Crippen LogP contribution in [0.1, 0.15) is 11.6 Å². The molecule has 3 N–H and O–H groups in total. The fourth-order valence-corrected chi connectivity index (χ4v) is 3.07. The van der Waals surface area contributed by atoms with Gasteiger partial charge in [-0.15, -0.1) is 11.3 Å². The van der Waals surface area contributed by atoms with Crippen molar-refractivity contribution in [1.29, 1.82) is 0 Å². The minimum Gasteiger partial charge on any atom is -0.377 e. The standard InChI is InChI=1S/C12H11BrClFN2S/c13-12-1-7(6-18-12)11(5-16)17-10-3-8(14)2-9(15)4-10/h1-4,6,11,17H,5,16H2. The molecule has 0 aliphatic heterocycles. The maximum Gasteiger partial charge on any atom is 0.126 e. The zero-order valence-electron chi connectivity index (χ0n) is 9.29. The molecular formula is C12H11BrClFN2S. The topological polar surface area (TPSA) is 38.0 Å². The fraction of sp³-hybridized carbons (Fsp3) is 0.167. The molecular weight excluding hydrogens is 339 g/mol. The van der Waals surface area contributed by atoms with Gasteiger partial charge in [0, 0.05) is 17.3 Å². The largest absolute Gasteiger partial charge is 0.377 e. The second-order valence-electron chi connectivity index (χ2n) is 3.77. The number of rotatable bonds is 4. The lowest BCUT2D eigenvalue weighted by atomic mass is 10.1. The summed E-state index contributed by atoms with van der Waals surface area (Å²) in [6, 6.07) is 6.27. The highest BCUT2D eigenvalue weighted by atomic mass is 79.9. The van der Waals surface area contributed by atoms with Crippen LogP contribution in [0.5, 0.6) is 0 Å². The lowest BCUT2D eigenvalue weighted by Crippen LogP contribution is -2.20. The van der Waals surface area contributed by atoms with Crippen molar-refractivity contribution in [2.75, 3.05) is 11.9 Å². The summed E-state index contributed by atoms with van der Waals surface area (Å²) in [6.45, 7) is 0.414. The fourth-order valence-electron chi connectivity index (χ4n) is 1.62. The van der Waals surface area contributed by atoms with Gasteiger partial charge < -0.3 is 11.1 Å². The molecule has 0 aliphatic carbocycles. The molecule has 0 saturated carbocycles. The predicted octanol–water partition coefficient (Wildman–Crippen LogP) is 4.42. The number of hydrogen-bond donors (Lipinski definition) is 2. The third kappa shape index (κ3) is 3.45. The summed E-state index contributed by atoms with van der Waals surface area (Å²) < 4.78 is 14.3.